The van der Waals surface area contributed by atoms with Crippen molar-refractivity contribution in [2.75, 3.05) is 18.4 Å². The molecule has 0 bridgehead atoms. The lowest BCUT2D eigenvalue weighted by Crippen LogP contribution is -2.26. The summed E-state index contributed by atoms with van der Waals surface area (Å²) in [5.41, 5.74) is 2.44. The summed E-state index contributed by atoms with van der Waals surface area (Å²) in [6.45, 7) is 5.47. The first kappa shape index (κ1) is 15.4. The van der Waals surface area contributed by atoms with Gasteiger partial charge in [0.25, 0.3) is 5.91 Å². The summed E-state index contributed by atoms with van der Waals surface area (Å²) in [5.74, 6) is -0.102. The predicted octanol–water partition coefficient (Wildman–Crippen LogP) is 2.64. The van der Waals surface area contributed by atoms with Crippen LogP contribution < -0.4 is 10.6 Å². The Morgan fingerprint density at radius 1 is 1.38 bits per heavy atom. The second-order valence-corrected chi connectivity index (χ2v) is 5.68. The largest absolute Gasteiger partial charge is 0.384 e. The molecule has 0 saturated heterocycles. The van der Waals surface area contributed by atoms with Crippen molar-refractivity contribution in [3.63, 3.8) is 0 Å². The van der Waals surface area contributed by atoms with E-state index in [-0.39, 0.29) is 5.91 Å². The molecule has 0 fully saturated rings. The molecule has 2 rings (SSSR count). The smallest absolute Gasteiger partial charge is 0.254 e. The monoisotopic (exact) mass is 304 g/mol. The van der Waals surface area contributed by atoms with Gasteiger partial charge in [-0.05, 0) is 19.4 Å². The number of carbonyl (C=O) groups is 1. The zero-order valence-electron chi connectivity index (χ0n) is 12.3. The minimum absolute atomic E-state index is 0.102. The molecule has 2 aromatic heterocycles. The van der Waals surface area contributed by atoms with E-state index in [9.17, 15) is 4.79 Å². The van der Waals surface area contributed by atoms with Gasteiger partial charge in [0, 0.05) is 43.0 Å². The number of rotatable bonds is 7. The lowest BCUT2D eigenvalue weighted by Gasteiger charge is -2.10. The molecule has 2 aromatic rings. The van der Waals surface area contributed by atoms with Crippen LogP contribution in [0.15, 0.2) is 23.8 Å². The van der Waals surface area contributed by atoms with Gasteiger partial charge in [0.05, 0.1) is 16.3 Å². The Balaban J connectivity index is 1.90. The van der Waals surface area contributed by atoms with Gasteiger partial charge < -0.3 is 10.6 Å². The van der Waals surface area contributed by atoms with E-state index in [1.165, 1.54) is 0 Å². The Morgan fingerprint density at radius 2 is 2.24 bits per heavy atom. The number of hydrogen-bond acceptors (Lipinski definition) is 5. The number of nitrogens with one attached hydrogen (secondary N) is 2. The number of amides is 1. The van der Waals surface area contributed by atoms with E-state index in [2.05, 4.69) is 27.5 Å². The van der Waals surface area contributed by atoms with Crippen LogP contribution in [-0.4, -0.2) is 29.0 Å². The molecule has 0 spiro atoms. The van der Waals surface area contributed by atoms with Crippen LogP contribution in [-0.2, 0) is 6.42 Å². The van der Waals surface area contributed by atoms with E-state index in [4.69, 9.17) is 0 Å². The van der Waals surface area contributed by atoms with E-state index >= 15 is 0 Å². The quantitative estimate of drug-likeness (QED) is 0.825. The van der Waals surface area contributed by atoms with Gasteiger partial charge in [-0.15, -0.1) is 11.3 Å². The molecule has 0 aliphatic heterocycles. The van der Waals surface area contributed by atoms with Crippen molar-refractivity contribution in [3.05, 3.63) is 40.1 Å². The van der Waals surface area contributed by atoms with Crippen molar-refractivity contribution >= 4 is 22.9 Å². The van der Waals surface area contributed by atoms with E-state index in [0.29, 0.717) is 12.1 Å². The number of pyridine rings is 1. The molecular formula is C15H20N4OS. The molecule has 0 atom stereocenters. The predicted molar refractivity (Wildman–Crippen MR) is 85.9 cm³/mol. The molecule has 0 saturated carbocycles. The minimum atomic E-state index is -0.102. The van der Waals surface area contributed by atoms with E-state index in [1.807, 2.05) is 18.4 Å². The Hall–Kier alpha value is -1.95. The molecule has 2 N–H and O–H groups in total. The number of carbonyl (C=O) groups excluding carboxylic acids is 1. The fourth-order valence-corrected chi connectivity index (χ4v) is 2.66. The molecule has 5 nitrogen and oxygen atoms in total. The Kier molecular flexibility index (Phi) is 5.68. The van der Waals surface area contributed by atoms with Crippen LogP contribution in [0.2, 0.25) is 0 Å². The van der Waals surface area contributed by atoms with Gasteiger partial charge in [-0.2, -0.15) is 0 Å². The van der Waals surface area contributed by atoms with Crippen molar-refractivity contribution in [2.45, 2.75) is 26.7 Å². The number of thiazole rings is 1. The second-order valence-electron chi connectivity index (χ2n) is 4.74. The first-order valence-corrected chi connectivity index (χ1v) is 7.95. The third kappa shape index (κ3) is 4.53. The lowest BCUT2D eigenvalue weighted by atomic mass is 10.2. The molecule has 112 valence electrons. The van der Waals surface area contributed by atoms with Crippen LogP contribution in [0, 0.1) is 6.92 Å². The topological polar surface area (TPSA) is 66.9 Å². The van der Waals surface area contributed by atoms with Gasteiger partial charge in [-0.25, -0.2) is 4.98 Å². The fourth-order valence-electron chi connectivity index (χ4n) is 1.88. The van der Waals surface area contributed by atoms with Crippen molar-refractivity contribution in [3.8, 4) is 0 Å². The highest BCUT2D eigenvalue weighted by molar-refractivity contribution is 7.09. The third-order valence-electron chi connectivity index (χ3n) is 2.92. The van der Waals surface area contributed by atoms with E-state index in [0.717, 1.165) is 35.8 Å². The molecule has 0 radical (unpaired) electrons. The number of anilines is 1. The molecule has 21 heavy (non-hydrogen) atoms. The molecule has 0 unspecified atom stereocenters. The summed E-state index contributed by atoms with van der Waals surface area (Å²) in [6, 6.07) is 1.83. The van der Waals surface area contributed by atoms with Gasteiger partial charge >= 0.3 is 0 Å². The van der Waals surface area contributed by atoms with Gasteiger partial charge in [-0.1, -0.05) is 6.92 Å². The van der Waals surface area contributed by atoms with Crippen LogP contribution in [0.4, 0.5) is 5.69 Å². The minimum Gasteiger partial charge on any atom is -0.384 e. The van der Waals surface area contributed by atoms with Crippen LogP contribution in [0.1, 0.15) is 34.4 Å². The standard InChI is InChI=1S/C15H20N4OS/c1-3-6-17-13-4-7-16-9-12(13)15(20)18-8-5-14-19-11(2)10-21-14/h4,7,9-10H,3,5-6,8H2,1-2H3,(H,16,17)(H,18,20). The summed E-state index contributed by atoms with van der Waals surface area (Å²) >= 11 is 1.62. The zero-order chi connectivity index (χ0) is 15.1. The Labute approximate surface area is 128 Å². The molecule has 0 aromatic carbocycles. The van der Waals surface area contributed by atoms with Crippen molar-refractivity contribution < 1.29 is 4.79 Å². The summed E-state index contributed by atoms with van der Waals surface area (Å²) in [6.07, 6.45) is 5.04. The van der Waals surface area contributed by atoms with Crippen LogP contribution in [0.3, 0.4) is 0 Å². The average Bonchev–Trinajstić information content (AvgIpc) is 2.91. The van der Waals surface area contributed by atoms with E-state index in [1.54, 1.807) is 23.7 Å². The number of aromatic nitrogens is 2. The highest BCUT2D eigenvalue weighted by Crippen LogP contribution is 2.13. The van der Waals surface area contributed by atoms with Gasteiger partial charge in [0.15, 0.2) is 0 Å². The zero-order valence-corrected chi connectivity index (χ0v) is 13.2. The van der Waals surface area contributed by atoms with Crippen molar-refractivity contribution in [1.82, 2.24) is 15.3 Å². The summed E-state index contributed by atoms with van der Waals surface area (Å²) in [5, 5.41) is 9.23. The Morgan fingerprint density at radius 3 is 2.95 bits per heavy atom. The lowest BCUT2D eigenvalue weighted by molar-refractivity contribution is 0.0954. The number of aryl methyl sites for hydroxylation is 1. The second kappa shape index (κ2) is 7.73. The molecule has 1 amide bonds. The van der Waals surface area contributed by atoms with Gasteiger partial charge in [-0.3, -0.25) is 9.78 Å². The van der Waals surface area contributed by atoms with Gasteiger partial charge in [0.1, 0.15) is 0 Å². The maximum Gasteiger partial charge on any atom is 0.254 e. The van der Waals surface area contributed by atoms with Crippen molar-refractivity contribution in [1.29, 1.82) is 0 Å². The first-order valence-electron chi connectivity index (χ1n) is 7.07. The number of hydrogen-bond donors (Lipinski definition) is 2. The summed E-state index contributed by atoms with van der Waals surface area (Å²) < 4.78 is 0. The number of nitrogens with zero attached hydrogens (tertiary/aromatic N) is 2. The summed E-state index contributed by atoms with van der Waals surface area (Å²) in [4.78, 5) is 20.6. The average molecular weight is 304 g/mol. The maximum absolute atomic E-state index is 12.2. The van der Waals surface area contributed by atoms with Crippen LogP contribution in [0.25, 0.3) is 0 Å². The highest BCUT2D eigenvalue weighted by Gasteiger charge is 2.11. The molecule has 6 heteroatoms. The normalized spacial score (nSPS) is 10.4. The summed E-state index contributed by atoms with van der Waals surface area (Å²) in [7, 11) is 0. The van der Waals surface area contributed by atoms with Crippen LogP contribution in [0.5, 0.6) is 0 Å². The SMILES string of the molecule is CCCNc1ccncc1C(=O)NCCc1nc(C)cs1. The Bertz CT molecular complexity index is 597. The van der Waals surface area contributed by atoms with Crippen LogP contribution >= 0.6 is 11.3 Å². The highest BCUT2D eigenvalue weighted by atomic mass is 32.1. The van der Waals surface area contributed by atoms with Crippen molar-refractivity contribution in [2.24, 2.45) is 0 Å². The van der Waals surface area contributed by atoms with Gasteiger partial charge in [0.2, 0.25) is 0 Å². The third-order valence-corrected chi connectivity index (χ3v) is 3.95. The molecule has 0 aliphatic rings. The maximum atomic E-state index is 12.2. The van der Waals surface area contributed by atoms with E-state index < -0.39 is 0 Å². The molecular weight excluding hydrogens is 284 g/mol. The molecule has 0 aliphatic carbocycles. The first-order chi connectivity index (χ1) is 10.2. The fraction of sp³-hybridized carbons (Fsp3) is 0.400. The molecule has 2 heterocycles.